The molecule has 0 bridgehead atoms. The second-order valence-electron chi connectivity index (χ2n) is 6.66. The number of halogens is 2. The van der Waals surface area contributed by atoms with Crippen LogP contribution in [0.15, 0.2) is 42.5 Å². The number of amides is 3. The molecular weight excluding hydrogens is 368 g/mol. The molecule has 0 aliphatic carbocycles. The predicted molar refractivity (Wildman–Crippen MR) is 98.9 cm³/mol. The molecule has 1 unspecified atom stereocenters. The van der Waals surface area contributed by atoms with Gasteiger partial charge in [-0.3, -0.25) is 4.79 Å². The molecule has 0 spiro atoms. The highest BCUT2D eigenvalue weighted by Gasteiger charge is 2.26. The molecule has 2 aromatic rings. The van der Waals surface area contributed by atoms with Crippen LogP contribution in [0.2, 0.25) is 0 Å². The highest BCUT2D eigenvalue weighted by molar-refractivity contribution is 5.94. The maximum atomic E-state index is 13.9. The largest absolute Gasteiger partial charge is 0.508 e. The van der Waals surface area contributed by atoms with Crippen LogP contribution in [0, 0.1) is 11.6 Å². The van der Waals surface area contributed by atoms with E-state index >= 15 is 0 Å². The Labute approximate surface area is 161 Å². The lowest BCUT2D eigenvalue weighted by atomic mass is 10.1. The minimum Gasteiger partial charge on any atom is -0.508 e. The summed E-state index contributed by atoms with van der Waals surface area (Å²) in [6.07, 6.45) is 0. The number of hydrogen-bond donors (Lipinski definition) is 2. The van der Waals surface area contributed by atoms with Gasteiger partial charge in [-0.1, -0.05) is 6.07 Å². The average molecular weight is 389 g/mol. The summed E-state index contributed by atoms with van der Waals surface area (Å²) in [5.74, 6) is -1.46. The summed E-state index contributed by atoms with van der Waals surface area (Å²) in [6.45, 7) is 3.04. The Kier molecular flexibility index (Phi) is 5.77. The zero-order valence-electron chi connectivity index (χ0n) is 15.4. The number of phenols is 1. The van der Waals surface area contributed by atoms with Crippen molar-refractivity contribution in [1.82, 2.24) is 15.1 Å². The van der Waals surface area contributed by atoms with Gasteiger partial charge in [-0.15, -0.1) is 0 Å². The van der Waals surface area contributed by atoms with E-state index in [-0.39, 0.29) is 23.3 Å². The molecule has 1 saturated heterocycles. The van der Waals surface area contributed by atoms with Gasteiger partial charge in [0.15, 0.2) is 0 Å². The van der Waals surface area contributed by atoms with Gasteiger partial charge in [0, 0.05) is 43.4 Å². The average Bonchev–Trinajstić information content (AvgIpc) is 2.68. The molecule has 1 atom stereocenters. The number of piperazine rings is 1. The Morgan fingerprint density at radius 1 is 1.00 bits per heavy atom. The van der Waals surface area contributed by atoms with Gasteiger partial charge in [0.2, 0.25) is 0 Å². The van der Waals surface area contributed by atoms with Gasteiger partial charge in [0.1, 0.15) is 17.4 Å². The van der Waals surface area contributed by atoms with E-state index in [1.807, 2.05) is 0 Å². The minimum absolute atomic E-state index is 0.0877. The molecule has 148 valence electrons. The zero-order valence-corrected chi connectivity index (χ0v) is 15.4. The van der Waals surface area contributed by atoms with Crippen molar-refractivity contribution in [3.05, 3.63) is 65.2 Å². The third kappa shape index (κ3) is 4.39. The third-order valence-corrected chi connectivity index (χ3v) is 4.74. The molecule has 1 fully saturated rings. The number of carbonyl (C=O) groups is 2. The second-order valence-corrected chi connectivity index (χ2v) is 6.66. The Morgan fingerprint density at radius 2 is 1.61 bits per heavy atom. The van der Waals surface area contributed by atoms with Gasteiger partial charge in [-0.2, -0.15) is 0 Å². The number of phenolic OH excluding ortho intramolecular Hbond substituents is 1. The molecule has 3 amide bonds. The first-order valence-electron chi connectivity index (χ1n) is 8.94. The van der Waals surface area contributed by atoms with Crippen molar-refractivity contribution < 1.29 is 23.5 Å². The zero-order chi connectivity index (χ0) is 20.3. The molecule has 0 saturated carbocycles. The number of nitrogens with zero attached hydrogens (tertiary/aromatic N) is 2. The van der Waals surface area contributed by atoms with Crippen molar-refractivity contribution in [3.8, 4) is 5.75 Å². The van der Waals surface area contributed by atoms with E-state index in [1.54, 1.807) is 28.9 Å². The summed E-state index contributed by atoms with van der Waals surface area (Å²) >= 11 is 0. The maximum absolute atomic E-state index is 13.9. The van der Waals surface area contributed by atoms with E-state index in [1.165, 1.54) is 18.2 Å². The first kappa shape index (κ1) is 19.6. The van der Waals surface area contributed by atoms with E-state index in [0.717, 1.165) is 12.1 Å². The highest BCUT2D eigenvalue weighted by atomic mass is 19.1. The number of carbonyl (C=O) groups excluding carboxylic acids is 2. The number of rotatable bonds is 3. The van der Waals surface area contributed by atoms with Crippen LogP contribution in [-0.4, -0.2) is 53.0 Å². The van der Waals surface area contributed by atoms with Crippen molar-refractivity contribution in [2.45, 2.75) is 13.0 Å². The van der Waals surface area contributed by atoms with Crippen LogP contribution in [0.3, 0.4) is 0 Å². The van der Waals surface area contributed by atoms with Crippen LogP contribution >= 0.6 is 0 Å². The molecule has 0 radical (unpaired) electrons. The lowest BCUT2D eigenvalue weighted by molar-refractivity contribution is 0.0663. The number of urea groups is 1. The monoisotopic (exact) mass is 389 g/mol. The molecule has 1 heterocycles. The summed E-state index contributed by atoms with van der Waals surface area (Å²) in [5, 5.41) is 12.0. The van der Waals surface area contributed by atoms with Crippen LogP contribution in [0.5, 0.6) is 5.75 Å². The summed E-state index contributed by atoms with van der Waals surface area (Å²) in [5.41, 5.74) is 0.673. The minimum atomic E-state index is -0.711. The van der Waals surface area contributed by atoms with Crippen LogP contribution in [-0.2, 0) is 0 Å². The molecule has 2 aromatic carbocycles. The fraction of sp³-hybridized carbons (Fsp3) is 0.300. The fourth-order valence-corrected chi connectivity index (χ4v) is 3.11. The summed E-state index contributed by atoms with van der Waals surface area (Å²) < 4.78 is 26.9. The number of aromatic hydroxyl groups is 1. The van der Waals surface area contributed by atoms with Crippen molar-refractivity contribution in [2.75, 3.05) is 26.2 Å². The van der Waals surface area contributed by atoms with E-state index < -0.39 is 17.7 Å². The first-order chi connectivity index (χ1) is 13.3. The fourth-order valence-electron chi connectivity index (χ4n) is 3.11. The van der Waals surface area contributed by atoms with Crippen LogP contribution in [0.25, 0.3) is 0 Å². The first-order valence-corrected chi connectivity index (χ1v) is 8.94. The molecule has 0 aromatic heterocycles. The van der Waals surface area contributed by atoms with Crippen LogP contribution in [0.4, 0.5) is 13.6 Å². The lowest BCUT2D eigenvalue weighted by Gasteiger charge is -2.35. The van der Waals surface area contributed by atoms with Crippen molar-refractivity contribution in [1.29, 1.82) is 0 Å². The molecule has 1 aliphatic rings. The topological polar surface area (TPSA) is 72.9 Å². The van der Waals surface area contributed by atoms with Gasteiger partial charge in [-0.05, 0) is 37.3 Å². The van der Waals surface area contributed by atoms with Gasteiger partial charge in [0.25, 0.3) is 5.91 Å². The Hall–Kier alpha value is -3.16. The molecule has 8 heteroatoms. The van der Waals surface area contributed by atoms with Crippen molar-refractivity contribution in [3.63, 3.8) is 0 Å². The smallest absolute Gasteiger partial charge is 0.317 e. The maximum Gasteiger partial charge on any atom is 0.317 e. The van der Waals surface area contributed by atoms with Crippen LogP contribution in [0.1, 0.15) is 28.9 Å². The molecule has 6 nitrogen and oxygen atoms in total. The predicted octanol–water partition coefficient (Wildman–Crippen LogP) is 2.90. The summed E-state index contributed by atoms with van der Waals surface area (Å²) in [6, 6.07) is 8.26. The Balaban J connectivity index is 1.54. The second kappa shape index (κ2) is 8.24. The molecular formula is C20H21F2N3O3. The third-order valence-electron chi connectivity index (χ3n) is 4.74. The van der Waals surface area contributed by atoms with Gasteiger partial charge in [0.05, 0.1) is 6.04 Å². The van der Waals surface area contributed by atoms with Gasteiger partial charge >= 0.3 is 6.03 Å². The number of nitrogens with one attached hydrogen (secondary N) is 1. The van der Waals surface area contributed by atoms with Gasteiger partial charge in [-0.25, -0.2) is 13.6 Å². The van der Waals surface area contributed by atoms with Crippen molar-refractivity contribution in [2.24, 2.45) is 0 Å². The number of benzene rings is 2. The lowest BCUT2D eigenvalue weighted by Crippen LogP contribution is -2.53. The molecule has 3 rings (SSSR count). The Bertz CT molecular complexity index is 865. The SMILES string of the molecule is CC(NC(=O)N1CCN(C(=O)c2ccc(O)cc2)CC1)c1ccc(F)cc1F. The summed E-state index contributed by atoms with van der Waals surface area (Å²) in [4.78, 5) is 28.1. The standard InChI is InChI=1S/C20H21F2N3O3/c1-13(17-7-4-15(21)12-18(17)22)23-20(28)25-10-8-24(9-11-25)19(27)14-2-5-16(26)6-3-14/h2-7,12-13,26H,8-11H2,1H3,(H,23,28). The highest BCUT2D eigenvalue weighted by Crippen LogP contribution is 2.18. The van der Waals surface area contributed by atoms with Gasteiger partial charge < -0.3 is 20.2 Å². The Morgan fingerprint density at radius 3 is 2.21 bits per heavy atom. The van der Waals surface area contributed by atoms with Crippen LogP contribution < -0.4 is 5.32 Å². The van der Waals surface area contributed by atoms with E-state index in [4.69, 9.17) is 0 Å². The molecule has 1 aliphatic heterocycles. The van der Waals surface area contributed by atoms with E-state index in [2.05, 4.69) is 5.32 Å². The number of hydrogen-bond acceptors (Lipinski definition) is 3. The molecule has 28 heavy (non-hydrogen) atoms. The quantitative estimate of drug-likeness (QED) is 0.848. The van der Waals surface area contributed by atoms with Crippen molar-refractivity contribution >= 4 is 11.9 Å². The molecule has 2 N–H and O–H groups in total. The van der Waals surface area contributed by atoms with E-state index in [9.17, 15) is 23.5 Å². The normalized spacial score (nSPS) is 15.2. The van der Waals surface area contributed by atoms with E-state index in [0.29, 0.717) is 31.7 Å². The summed E-state index contributed by atoms with van der Waals surface area (Å²) in [7, 11) is 0.